The van der Waals surface area contributed by atoms with Crippen LogP contribution in [0.4, 0.5) is 0 Å². The maximum absolute atomic E-state index is 12.4. The molecule has 1 aromatic rings. The van der Waals surface area contributed by atoms with E-state index < -0.39 is 0 Å². The van der Waals surface area contributed by atoms with Gasteiger partial charge in [-0.05, 0) is 56.6 Å². The predicted molar refractivity (Wildman–Crippen MR) is 95.7 cm³/mol. The Balaban J connectivity index is 1.98. The second-order valence-corrected chi connectivity index (χ2v) is 6.36. The van der Waals surface area contributed by atoms with Crippen molar-refractivity contribution in [1.29, 1.82) is 0 Å². The number of ether oxygens (including phenoxy) is 2. The Labute approximate surface area is 147 Å². The van der Waals surface area contributed by atoms with Gasteiger partial charge in [0.1, 0.15) is 5.75 Å². The topological polar surface area (TPSA) is 50.8 Å². The molecule has 3 rings (SSSR count). The van der Waals surface area contributed by atoms with E-state index in [1.165, 1.54) is 7.11 Å². The number of benzene rings is 1. The molecule has 1 unspecified atom stereocenters. The molecule has 2 aliphatic rings. The normalized spacial score (nSPS) is 20.7. The van der Waals surface area contributed by atoms with Crippen molar-refractivity contribution in [2.24, 2.45) is 0 Å². The van der Waals surface area contributed by atoms with Crippen molar-refractivity contribution in [3.63, 3.8) is 0 Å². The highest BCUT2D eigenvalue weighted by Crippen LogP contribution is 2.38. The number of esters is 1. The molecule has 6 heteroatoms. The van der Waals surface area contributed by atoms with Crippen molar-refractivity contribution in [2.75, 3.05) is 13.7 Å². The summed E-state index contributed by atoms with van der Waals surface area (Å²) in [6.07, 6.45) is 2.20. The lowest BCUT2D eigenvalue weighted by atomic mass is 9.95. The summed E-state index contributed by atoms with van der Waals surface area (Å²) >= 11 is 5.54. The quantitative estimate of drug-likeness (QED) is 0.653. The van der Waals surface area contributed by atoms with Gasteiger partial charge >= 0.3 is 5.97 Å². The smallest absolute Gasteiger partial charge is 0.337 e. The monoisotopic (exact) mass is 346 g/mol. The molecular formula is C18H22N2O3S. The molecule has 1 N–H and O–H groups in total. The van der Waals surface area contributed by atoms with Gasteiger partial charge in [-0.1, -0.05) is 12.1 Å². The number of nitrogens with zero attached hydrogens (tertiary/aromatic N) is 1. The van der Waals surface area contributed by atoms with Gasteiger partial charge in [0.25, 0.3) is 0 Å². The Morgan fingerprint density at radius 2 is 2.00 bits per heavy atom. The lowest BCUT2D eigenvalue weighted by molar-refractivity contribution is -0.136. The van der Waals surface area contributed by atoms with Crippen LogP contribution in [0.3, 0.4) is 0 Å². The number of nitrogens with one attached hydrogen (secondary N) is 1. The third kappa shape index (κ3) is 3.11. The molecule has 0 amide bonds. The van der Waals surface area contributed by atoms with Crippen LogP contribution in [0.2, 0.25) is 0 Å². The first-order valence-corrected chi connectivity index (χ1v) is 8.59. The minimum absolute atomic E-state index is 0.310. The summed E-state index contributed by atoms with van der Waals surface area (Å²) in [5, 5.41) is 3.98. The van der Waals surface area contributed by atoms with Gasteiger partial charge in [-0.3, -0.25) is 0 Å². The van der Waals surface area contributed by atoms with Crippen molar-refractivity contribution in [1.82, 2.24) is 10.2 Å². The SMILES string of the molecule is CCOc1ccc(C2NC(=S)N(C3CC3)C(C)=C2C(=O)OC)cc1. The Hall–Kier alpha value is -2.08. The zero-order valence-electron chi connectivity index (χ0n) is 14.2. The molecular weight excluding hydrogens is 324 g/mol. The summed E-state index contributed by atoms with van der Waals surface area (Å²) in [4.78, 5) is 14.5. The van der Waals surface area contributed by atoms with Crippen molar-refractivity contribution < 1.29 is 14.3 Å². The summed E-state index contributed by atoms with van der Waals surface area (Å²) in [6.45, 7) is 4.51. The number of hydrogen-bond donors (Lipinski definition) is 1. The molecule has 0 spiro atoms. The van der Waals surface area contributed by atoms with Crippen LogP contribution in [0.1, 0.15) is 38.3 Å². The molecule has 0 aromatic heterocycles. The second kappa shape index (κ2) is 6.81. The summed E-state index contributed by atoms with van der Waals surface area (Å²) < 4.78 is 10.5. The van der Waals surface area contributed by atoms with E-state index in [4.69, 9.17) is 21.7 Å². The maximum Gasteiger partial charge on any atom is 0.337 e. The van der Waals surface area contributed by atoms with Crippen molar-refractivity contribution in [3.8, 4) is 5.75 Å². The first-order chi connectivity index (χ1) is 11.6. The third-order valence-electron chi connectivity index (χ3n) is 4.37. The average molecular weight is 346 g/mol. The number of carbonyl (C=O) groups excluding carboxylic acids is 1. The van der Waals surface area contributed by atoms with E-state index in [-0.39, 0.29) is 12.0 Å². The zero-order chi connectivity index (χ0) is 17.3. The standard InChI is InChI=1S/C18H22N2O3S/c1-4-23-14-9-5-12(6-10-14)16-15(17(21)22-3)11(2)20(13-7-8-13)18(24)19-16/h5-6,9-10,13,16H,4,7-8H2,1-3H3,(H,19,24). The third-order valence-corrected chi connectivity index (χ3v) is 4.68. The fourth-order valence-corrected chi connectivity index (χ4v) is 3.48. The van der Waals surface area contributed by atoms with Gasteiger partial charge in [0.2, 0.25) is 0 Å². The number of methoxy groups -OCH3 is 1. The molecule has 1 aliphatic carbocycles. The molecule has 24 heavy (non-hydrogen) atoms. The van der Waals surface area contributed by atoms with Gasteiger partial charge in [0, 0.05) is 11.7 Å². The summed E-state index contributed by atoms with van der Waals surface area (Å²) in [6, 6.07) is 7.80. The highest BCUT2D eigenvalue weighted by Gasteiger charge is 2.40. The minimum Gasteiger partial charge on any atom is -0.494 e. The van der Waals surface area contributed by atoms with E-state index in [2.05, 4.69) is 5.32 Å². The van der Waals surface area contributed by atoms with Gasteiger partial charge in [0.05, 0.1) is 25.3 Å². The number of thiocarbonyl (C=S) groups is 1. The lowest BCUT2D eigenvalue weighted by Gasteiger charge is -2.37. The molecule has 1 aromatic carbocycles. The molecule has 1 atom stereocenters. The average Bonchev–Trinajstić information content (AvgIpc) is 3.39. The molecule has 1 saturated carbocycles. The largest absolute Gasteiger partial charge is 0.494 e. The number of hydrogen-bond acceptors (Lipinski definition) is 4. The fourth-order valence-electron chi connectivity index (χ4n) is 3.08. The van der Waals surface area contributed by atoms with Gasteiger partial charge in [0.15, 0.2) is 5.11 Å². The zero-order valence-corrected chi connectivity index (χ0v) is 15.0. The van der Waals surface area contributed by atoms with Crippen LogP contribution in [0.15, 0.2) is 35.5 Å². The minimum atomic E-state index is -0.327. The fraction of sp³-hybridized carbons (Fsp3) is 0.444. The molecule has 128 valence electrons. The molecule has 1 aliphatic heterocycles. The summed E-state index contributed by atoms with van der Waals surface area (Å²) in [5.41, 5.74) is 2.45. The molecule has 0 bridgehead atoms. The lowest BCUT2D eigenvalue weighted by Crippen LogP contribution is -2.48. The first-order valence-electron chi connectivity index (χ1n) is 8.18. The highest BCUT2D eigenvalue weighted by atomic mass is 32.1. The van der Waals surface area contributed by atoms with Crippen LogP contribution in [0.5, 0.6) is 5.75 Å². The second-order valence-electron chi connectivity index (χ2n) is 5.98. The number of rotatable bonds is 5. The van der Waals surface area contributed by atoms with Crippen LogP contribution in [0, 0.1) is 0 Å². The highest BCUT2D eigenvalue weighted by molar-refractivity contribution is 7.80. The van der Waals surface area contributed by atoms with Crippen molar-refractivity contribution in [3.05, 3.63) is 41.1 Å². The van der Waals surface area contributed by atoms with Gasteiger partial charge in [-0.25, -0.2) is 4.79 Å². The van der Waals surface area contributed by atoms with Crippen LogP contribution >= 0.6 is 12.2 Å². The summed E-state index contributed by atoms with van der Waals surface area (Å²) in [7, 11) is 1.41. The van der Waals surface area contributed by atoms with Gasteiger partial charge in [-0.15, -0.1) is 0 Å². The van der Waals surface area contributed by atoms with E-state index in [0.29, 0.717) is 23.3 Å². The van der Waals surface area contributed by atoms with Gasteiger partial charge in [-0.2, -0.15) is 0 Å². The van der Waals surface area contributed by atoms with E-state index >= 15 is 0 Å². The Kier molecular flexibility index (Phi) is 4.76. The molecule has 1 heterocycles. The van der Waals surface area contributed by atoms with Crippen LogP contribution in [-0.4, -0.2) is 35.7 Å². The van der Waals surface area contributed by atoms with Gasteiger partial charge < -0.3 is 19.7 Å². The Morgan fingerprint density at radius 3 is 2.54 bits per heavy atom. The number of carbonyl (C=O) groups is 1. The molecule has 0 radical (unpaired) electrons. The van der Waals surface area contributed by atoms with Crippen molar-refractivity contribution >= 4 is 23.3 Å². The van der Waals surface area contributed by atoms with E-state index in [0.717, 1.165) is 29.9 Å². The maximum atomic E-state index is 12.4. The van der Waals surface area contributed by atoms with E-state index in [9.17, 15) is 4.79 Å². The Morgan fingerprint density at radius 1 is 1.33 bits per heavy atom. The molecule has 5 nitrogen and oxygen atoms in total. The predicted octanol–water partition coefficient (Wildman–Crippen LogP) is 2.93. The van der Waals surface area contributed by atoms with E-state index in [1.807, 2.05) is 43.0 Å². The molecule has 0 saturated heterocycles. The van der Waals surface area contributed by atoms with Crippen LogP contribution in [-0.2, 0) is 9.53 Å². The molecule has 1 fully saturated rings. The first kappa shape index (κ1) is 16.8. The summed E-state index contributed by atoms with van der Waals surface area (Å²) in [5.74, 6) is 0.478. The van der Waals surface area contributed by atoms with E-state index in [1.54, 1.807) is 0 Å². The van der Waals surface area contributed by atoms with Crippen LogP contribution in [0.25, 0.3) is 0 Å². The number of allylic oxidation sites excluding steroid dienone is 1. The van der Waals surface area contributed by atoms with Crippen molar-refractivity contribution in [2.45, 2.75) is 38.8 Å². The van der Waals surface area contributed by atoms with Crippen LogP contribution < -0.4 is 10.1 Å². The Bertz CT molecular complexity index is 680.